The Morgan fingerprint density at radius 2 is 2.15 bits per heavy atom. The smallest absolute Gasteiger partial charge is 0.273 e. The molecule has 0 aromatic heterocycles. The van der Waals surface area contributed by atoms with E-state index in [1.807, 2.05) is 6.92 Å². The minimum Gasteiger partial charge on any atom is -0.488 e. The molecular formula is C10H11ClFNO5S2. The van der Waals surface area contributed by atoms with Crippen LogP contribution in [0.5, 0.6) is 5.75 Å². The zero-order valence-electron chi connectivity index (χ0n) is 10.3. The molecule has 0 bridgehead atoms. The largest absolute Gasteiger partial charge is 0.488 e. The Kier molecular flexibility index (Phi) is 6.03. The lowest BCUT2D eigenvalue weighted by Crippen LogP contribution is -2.07. The van der Waals surface area contributed by atoms with Crippen LogP contribution >= 0.6 is 22.4 Å². The van der Waals surface area contributed by atoms with Crippen LogP contribution in [0.15, 0.2) is 17.0 Å². The first-order valence-corrected chi connectivity index (χ1v) is 8.87. The first kappa shape index (κ1) is 17.0. The van der Waals surface area contributed by atoms with Crippen LogP contribution in [0, 0.1) is 15.9 Å². The quantitative estimate of drug-likeness (QED) is 0.327. The third-order valence-electron chi connectivity index (χ3n) is 2.15. The van der Waals surface area contributed by atoms with Gasteiger partial charge in [0, 0.05) is 22.5 Å². The molecule has 10 heteroatoms. The van der Waals surface area contributed by atoms with Crippen molar-refractivity contribution in [3.8, 4) is 5.75 Å². The molecule has 0 radical (unpaired) electrons. The highest BCUT2D eigenvalue weighted by molar-refractivity contribution is 8.13. The van der Waals surface area contributed by atoms with Gasteiger partial charge in [0.15, 0.2) is 11.6 Å². The summed E-state index contributed by atoms with van der Waals surface area (Å²) in [5.41, 5.74) is -0.711. The molecule has 0 unspecified atom stereocenters. The number of nitro benzene ring substituents is 1. The lowest BCUT2D eigenvalue weighted by Gasteiger charge is -2.10. The van der Waals surface area contributed by atoms with Crippen LogP contribution in [-0.2, 0) is 9.05 Å². The molecule has 0 saturated carbocycles. The number of ether oxygens (including phenoxy) is 1. The molecule has 0 heterocycles. The summed E-state index contributed by atoms with van der Waals surface area (Å²) in [6.45, 7) is 1.98. The van der Waals surface area contributed by atoms with Gasteiger partial charge in [0.05, 0.1) is 17.6 Å². The van der Waals surface area contributed by atoms with Crippen molar-refractivity contribution < 1.29 is 22.5 Å². The highest BCUT2D eigenvalue weighted by Crippen LogP contribution is 2.33. The van der Waals surface area contributed by atoms with Gasteiger partial charge < -0.3 is 4.74 Å². The van der Waals surface area contributed by atoms with Crippen LogP contribution in [0.25, 0.3) is 0 Å². The summed E-state index contributed by atoms with van der Waals surface area (Å²) >= 11 is 1.52. The van der Waals surface area contributed by atoms with Crippen LogP contribution in [0.4, 0.5) is 10.1 Å². The lowest BCUT2D eigenvalue weighted by atomic mass is 10.3. The zero-order valence-corrected chi connectivity index (χ0v) is 12.7. The molecule has 0 fully saturated rings. The van der Waals surface area contributed by atoms with E-state index in [9.17, 15) is 22.9 Å². The van der Waals surface area contributed by atoms with E-state index in [2.05, 4.69) is 0 Å². The second-order valence-corrected chi connectivity index (χ2v) is 7.42. The lowest BCUT2D eigenvalue weighted by molar-refractivity contribution is -0.385. The molecule has 112 valence electrons. The fraction of sp³-hybridized carbons (Fsp3) is 0.400. The summed E-state index contributed by atoms with van der Waals surface area (Å²) in [6.07, 6.45) is 0. The molecule has 0 aliphatic carbocycles. The fourth-order valence-electron chi connectivity index (χ4n) is 1.33. The number of rotatable bonds is 7. The number of hydrogen-bond donors (Lipinski definition) is 0. The molecule has 1 aromatic carbocycles. The van der Waals surface area contributed by atoms with Gasteiger partial charge in [-0.3, -0.25) is 10.1 Å². The first-order valence-electron chi connectivity index (χ1n) is 5.40. The van der Waals surface area contributed by atoms with Gasteiger partial charge in [-0.2, -0.15) is 11.8 Å². The van der Waals surface area contributed by atoms with E-state index in [1.165, 1.54) is 11.8 Å². The van der Waals surface area contributed by atoms with Crippen LogP contribution < -0.4 is 4.74 Å². The van der Waals surface area contributed by atoms with Crippen LogP contribution in [0.3, 0.4) is 0 Å². The van der Waals surface area contributed by atoms with Crippen molar-refractivity contribution in [3.05, 3.63) is 28.1 Å². The SMILES string of the molecule is CCSCCOc1c(F)cc([N+](=O)[O-])cc1S(=O)(=O)Cl. The van der Waals surface area contributed by atoms with Crippen LogP contribution in [0.2, 0.25) is 0 Å². The summed E-state index contributed by atoms with van der Waals surface area (Å²) in [7, 11) is 0.791. The number of nitro groups is 1. The van der Waals surface area contributed by atoms with Gasteiger partial charge in [-0.25, -0.2) is 12.8 Å². The summed E-state index contributed by atoms with van der Waals surface area (Å²) in [5, 5.41) is 10.6. The summed E-state index contributed by atoms with van der Waals surface area (Å²) in [5.74, 6) is -0.385. The molecule has 0 aliphatic rings. The Balaban J connectivity index is 3.18. The third-order valence-corrected chi connectivity index (χ3v) is 4.34. The number of halogens is 2. The van der Waals surface area contributed by atoms with Crippen molar-refractivity contribution in [3.63, 3.8) is 0 Å². The Labute approximate surface area is 123 Å². The summed E-state index contributed by atoms with van der Waals surface area (Å²) < 4.78 is 41.5. The average molecular weight is 344 g/mol. The normalized spacial score (nSPS) is 11.3. The average Bonchev–Trinajstić information content (AvgIpc) is 2.34. The standard InChI is InChI=1S/C10H11ClFNO5S2/c1-2-19-4-3-18-10-8(12)5-7(13(14)15)6-9(10)20(11,16)17/h5-6H,2-4H2,1H3. The van der Waals surface area contributed by atoms with Crippen molar-refractivity contribution in [1.82, 2.24) is 0 Å². The minimum absolute atomic E-state index is 0.0621. The van der Waals surface area contributed by atoms with E-state index in [4.69, 9.17) is 15.4 Å². The Bertz CT molecular complexity index is 608. The first-order chi connectivity index (χ1) is 9.27. The van der Waals surface area contributed by atoms with Crippen molar-refractivity contribution in [2.24, 2.45) is 0 Å². The maximum absolute atomic E-state index is 13.8. The molecule has 0 amide bonds. The van der Waals surface area contributed by atoms with E-state index in [1.54, 1.807) is 0 Å². The van der Waals surface area contributed by atoms with Gasteiger partial charge in [0.1, 0.15) is 4.90 Å². The number of nitrogens with zero attached hydrogens (tertiary/aromatic N) is 1. The summed E-state index contributed by atoms with van der Waals surface area (Å²) in [6, 6.07) is 1.27. The zero-order chi connectivity index (χ0) is 15.3. The van der Waals surface area contributed by atoms with Gasteiger partial charge in [0.25, 0.3) is 14.7 Å². The molecule has 1 aromatic rings. The molecule has 0 aliphatic heterocycles. The van der Waals surface area contributed by atoms with Crippen molar-refractivity contribution >= 4 is 37.2 Å². The number of benzene rings is 1. The van der Waals surface area contributed by atoms with Gasteiger partial charge in [-0.15, -0.1) is 0 Å². The van der Waals surface area contributed by atoms with E-state index >= 15 is 0 Å². The predicted octanol–water partition coefficient (Wildman–Crippen LogP) is 2.79. The molecule has 0 atom stereocenters. The number of thioether (sulfide) groups is 1. The Morgan fingerprint density at radius 3 is 2.65 bits per heavy atom. The highest BCUT2D eigenvalue weighted by Gasteiger charge is 2.25. The molecule has 0 N–H and O–H groups in total. The van der Waals surface area contributed by atoms with E-state index in [0.717, 1.165) is 5.75 Å². The predicted molar refractivity (Wildman–Crippen MR) is 74.6 cm³/mol. The maximum Gasteiger partial charge on any atom is 0.273 e. The summed E-state index contributed by atoms with van der Waals surface area (Å²) in [4.78, 5) is 8.95. The monoisotopic (exact) mass is 343 g/mol. The highest BCUT2D eigenvalue weighted by atomic mass is 35.7. The van der Waals surface area contributed by atoms with E-state index in [0.29, 0.717) is 17.9 Å². The van der Waals surface area contributed by atoms with Crippen LogP contribution in [-0.4, -0.2) is 31.5 Å². The molecule has 1 rings (SSSR count). The van der Waals surface area contributed by atoms with Crippen molar-refractivity contribution in [2.75, 3.05) is 18.1 Å². The number of non-ortho nitro benzene ring substituents is 1. The van der Waals surface area contributed by atoms with E-state index < -0.39 is 36.1 Å². The van der Waals surface area contributed by atoms with E-state index in [-0.39, 0.29) is 6.61 Å². The van der Waals surface area contributed by atoms with Gasteiger partial charge in [-0.1, -0.05) is 6.92 Å². The topological polar surface area (TPSA) is 86.5 Å². The van der Waals surface area contributed by atoms with Gasteiger partial charge >= 0.3 is 0 Å². The fourth-order valence-corrected chi connectivity index (χ4v) is 2.80. The third kappa shape index (κ3) is 4.50. The van der Waals surface area contributed by atoms with Gasteiger partial charge in [-0.05, 0) is 5.75 Å². The molecule has 0 saturated heterocycles. The van der Waals surface area contributed by atoms with Crippen molar-refractivity contribution in [1.29, 1.82) is 0 Å². The second-order valence-electron chi connectivity index (χ2n) is 3.50. The van der Waals surface area contributed by atoms with Crippen LogP contribution in [0.1, 0.15) is 6.92 Å². The molecule has 0 spiro atoms. The second kappa shape index (κ2) is 7.09. The van der Waals surface area contributed by atoms with Gasteiger partial charge in [0.2, 0.25) is 0 Å². The molecule has 6 nitrogen and oxygen atoms in total. The molecular weight excluding hydrogens is 333 g/mol. The Morgan fingerprint density at radius 1 is 1.50 bits per heavy atom. The number of hydrogen-bond acceptors (Lipinski definition) is 6. The maximum atomic E-state index is 13.8. The molecule has 20 heavy (non-hydrogen) atoms. The minimum atomic E-state index is -4.36. The Hall–Kier alpha value is -1.06. The van der Waals surface area contributed by atoms with Crippen molar-refractivity contribution in [2.45, 2.75) is 11.8 Å².